The fraction of sp³-hybridized carbons (Fsp3) is 0.321. The number of hydrogen-bond donors (Lipinski definition) is 1. The van der Waals surface area contributed by atoms with Crippen molar-refractivity contribution < 1.29 is 9.53 Å². The van der Waals surface area contributed by atoms with Crippen molar-refractivity contribution in [3.63, 3.8) is 0 Å². The fourth-order valence-electron chi connectivity index (χ4n) is 4.45. The molecule has 1 amide bonds. The number of ether oxygens (including phenoxy) is 1. The summed E-state index contributed by atoms with van der Waals surface area (Å²) < 4.78 is 7.68. The first kappa shape index (κ1) is 23.5. The number of carbonyl (C=O) groups excluding carboxylic acids is 1. The Bertz CT molecular complexity index is 1500. The monoisotopic (exact) mass is 480 g/mol. The van der Waals surface area contributed by atoms with Gasteiger partial charge >= 0.3 is 6.09 Å². The quantitative estimate of drug-likeness (QED) is 0.366. The molecule has 8 heteroatoms. The maximum absolute atomic E-state index is 12.9. The van der Waals surface area contributed by atoms with Gasteiger partial charge in [0.15, 0.2) is 0 Å². The smallest absolute Gasteiger partial charge is 0.391 e. The molecule has 3 aromatic heterocycles. The van der Waals surface area contributed by atoms with Gasteiger partial charge < -0.3 is 9.30 Å². The van der Waals surface area contributed by atoms with E-state index in [9.17, 15) is 10.1 Å². The molecule has 1 saturated carbocycles. The first-order valence-corrected chi connectivity index (χ1v) is 12.1. The van der Waals surface area contributed by atoms with Crippen molar-refractivity contribution in [1.82, 2.24) is 19.5 Å². The summed E-state index contributed by atoms with van der Waals surface area (Å²) in [6.45, 7) is 8.78. The van der Waals surface area contributed by atoms with E-state index < -0.39 is 11.5 Å². The van der Waals surface area contributed by atoms with Crippen LogP contribution in [-0.2, 0) is 12.0 Å². The first-order chi connectivity index (χ1) is 17.3. The van der Waals surface area contributed by atoms with E-state index in [1.807, 2.05) is 45.3 Å². The van der Waals surface area contributed by atoms with E-state index in [0.29, 0.717) is 22.9 Å². The zero-order valence-corrected chi connectivity index (χ0v) is 20.9. The second kappa shape index (κ2) is 9.08. The predicted octanol–water partition coefficient (Wildman–Crippen LogP) is 6.17. The SMILES string of the molecule is CCn1cnc2cc(-c3cc(C4CC4)cc(NC(=O)Oc4nccc(C#N)c4C(C)(C)C)n3)ccc21. The summed E-state index contributed by atoms with van der Waals surface area (Å²) in [4.78, 5) is 26.4. The third-order valence-corrected chi connectivity index (χ3v) is 6.36. The Morgan fingerprint density at radius 3 is 2.69 bits per heavy atom. The van der Waals surface area contributed by atoms with Crippen LogP contribution >= 0.6 is 0 Å². The van der Waals surface area contributed by atoms with Crippen LogP contribution in [0, 0.1) is 11.3 Å². The van der Waals surface area contributed by atoms with E-state index in [1.165, 1.54) is 6.20 Å². The van der Waals surface area contributed by atoms with Gasteiger partial charge in [0.1, 0.15) is 5.82 Å². The van der Waals surface area contributed by atoms with Gasteiger partial charge in [-0.2, -0.15) is 5.26 Å². The number of amides is 1. The van der Waals surface area contributed by atoms with Gasteiger partial charge in [-0.3, -0.25) is 5.32 Å². The molecule has 5 rings (SSSR count). The number of benzene rings is 1. The second-order valence-electron chi connectivity index (χ2n) is 10.1. The van der Waals surface area contributed by atoms with Crippen LogP contribution in [-0.4, -0.2) is 25.6 Å². The topological polar surface area (TPSA) is 106 Å². The molecular weight excluding hydrogens is 452 g/mol. The molecule has 0 unspecified atom stereocenters. The van der Waals surface area contributed by atoms with Gasteiger partial charge in [0, 0.05) is 23.9 Å². The molecule has 1 aromatic carbocycles. The van der Waals surface area contributed by atoms with Crippen molar-refractivity contribution in [1.29, 1.82) is 5.26 Å². The average Bonchev–Trinajstić information content (AvgIpc) is 3.62. The van der Waals surface area contributed by atoms with Crippen molar-refractivity contribution in [2.75, 3.05) is 5.32 Å². The van der Waals surface area contributed by atoms with Gasteiger partial charge in [-0.25, -0.2) is 19.7 Å². The Hall–Kier alpha value is -4.25. The number of aromatic nitrogens is 4. The summed E-state index contributed by atoms with van der Waals surface area (Å²) in [5, 5.41) is 12.3. The zero-order valence-electron chi connectivity index (χ0n) is 20.9. The molecule has 36 heavy (non-hydrogen) atoms. The van der Waals surface area contributed by atoms with Gasteiger partial charge in [0.2, 0.25) is 5.88 Å². The predicted molar refractivity (Wildman–Crippen MR) is 138 cm³/mol. The second-order valence-corrected chi connectivity index (χ2v) is 10.1. The van der Waals surface area contributed by atoms with E-state index in [4.69, 9.17) is 9.72 Å². The molecule has 182 valence electrons. The highest BCUT2D eigenvalue weighted by Gasteiger charge is 2.27. The number of nitrogens with one attached hydrogen (secondary N) is 1. The van der Waals surface area contributed by atoms with Crippen LogP contribution in [0.5, 0.6) is 5.88 Å². The van der Waals surface area contributed by atoms with Crippen LogP contribution in [0.1, 0.15) is 63.1 Å². The molecule has 0 radical (unpaired) electrons. The van der Waals surface area contributed by atoms with Crippen LogP contribution < -0.4 is 10.1 Å². The highest BCUT2D eigenvalue weighted by Crippen LogP contribution is 2.42. The molecule has 0 aliphatic heterocycles. The normalized spacial score (nSPS) is 13.4. The maximum Gasteiger partial charge on any atom is 0.419 e. The van der Waals surface area contributed by atoms with Crippen molar-refractivity contribution in [3.8, 4) is 23.2 Å². The largest absolute Gasteiger partial charge is 0.419 e. The molecule has 1 fully saturated rings. The van der Waals surface area contributed by atoms with Gasteiger partial charge in [0.05, 0.1) is 34.7 Å². The van der Waals surface area contributed by atoms with Gasteiger partial charge in [-0.15, -0.1) is 0 Å². The number of hydrogen-bond acceptors (Lipinski definition) is 6. The third-order valence-electron chi connectivity index (χ3n) is 6.36. The van der Waals surface area contributed by atoms with E-state index in [1.54, 1.807) is 6.07 Å². The highest BCUT2D eigenvalue weighted by atomic mass is 16.6. The Balaban J connectivity index is 1.45. The van der Waals surface area contributed by atoms with Crippen molar-refractivity contribution in [3.05, 3.63) is 65.6 Å². The lowest BCUT2D eigenvalue weighted by Crippen LogP contribution is -2.22. The molecule has 3 heterocycles. The average molecular weight is 481 g/mol. The summed E-state index contributed by atoms with van der Waals surface area (Å²) in [5.41, 5.74) is 5.39. The Morgan fingerprint density at radius 2 is 2.00 bits per heavy atom. The Kier molecular flexibility index (Phi) is 5.92. The summed E-state index contributed by atoms with van der Waals surface area (Å²) in [6.07, 6.45) is 4.84. The molecule has 8 nitrogen and oxygen atoms in total. The van der Waals surface area contributed by atoms with Crippen LogP contribution in [0.25, 0.3) is 22.3 Å². The highest BCUT2D eigenvalue weighted by molar-refractivity contribution is 5.86. The van der Waals surface area contributed by atoms with E-state index in [2.05, 4.69) is 45.0 Å². The minimum absolute atomic E-state index is 0.120. The van der Waals surface area contributed by atoms with Gasteiger partial charge in [-0.1, -0.05) is 26.8 Å². The number of fused-ring (bicyclic) bond motifs is 1. The lowest BCUT2D eigenvalue weighted by atomic mass is 9.85. The molecule has 1 aliphatic rings. The zero-order chi connectivity index (χ0) is 25.4. The first-order valence-electron chi connectivity index (χ1n) is 12.1. The number of nitriles is 1. The summed E-state index contributed by atoms with van der Waals surface area (Å²) >= 11 is 0. The minimum Gasteiger partial charge on any atom is -0.391 e. The minimum atomic E-state index is -0.702. The Labute approximate surface area is 210 Å². The van der Waals surface area contributed by atoms with Gasteiger partial charge in [-0.05, 0) is 67.0 Å². The summed E-state index contributed by atoms with van der Waals surface area (Å²) in [5.74, 6) is 0.995. The van der Waals surface area contributed by atoms with E-state index in [-0.39, 0.29) is 5.88 Å². The molecule has 4 aromatic rings. The number of imidazole rings is 1. The lowest BCUT2D eigenvalue weighted by molar-refractivity contribution is 0.212. The molecule has 0 saturated heterocycles. The molecule has 1 N–H and O–H groups in total. The maximum atomic E-state index is 12.9. The summed E-state index contributed by atoms with van der Waals surface area (Å²) in [7, 11) is 0. The van der Waals surface area contributed by atoms with Crippen LogP contribution in [0.2, 0.25) is 0 Å². The van der Waals surface area contributed by atoms with Crippen molar-refractivity contribution in [2.45, 2.75) is 58.4 Å². The van der Waals surface area contributed by atoms with E-state index >= 15 is 0 Å². The number of nitrogens with zero attached hydrogens (tertiary/aromatic N) is 5. The van der Waals surface area contributed by atoms with Crippen LogP contribution in [0.3, 0.4) is 0 Å². The Morgan fingerprint density at radius 1 is 1.19 bits per heavy atom. The number of aryl methyl sites for hydroxylation is 1. The standard InChI is InChI=1S/C28H28N6O2/c1-5-34-16-31-22-12-18(8-9-23(22)34)21-13-20(17-6-7-17)14-24(32-21)33-27(35)36-26-25(28(2,3)4)19(15-29)10-11-30-26/h8-14,16-17H,5-7H2,1-4H3,(H,32,33,35). The molecule has 0 atom stereocenters. The summed E-state index contributed by atoms with van der Waals surface area (Å²) in [6, 6.07) is 13.9. The van der Waals surface area contributed by atoms with Crippen LogP contribution in [0.15, 0.2) is 48.9 Å². The van der Waals surface area contributed by atoms with Crippen LogP contribution in [0.4, 0.5) is 10.6 Å². The van der Waals surface area contributed by atoms with E-state index in [0.717, 1.165) is 47.2 Å². The number of anilines is 1. The fourth-order valence-corrected chi connectivity index (χ4v) is 4.45. The van der Waals surface area contributed by atoms with Gasteiger partial charge in [0.25, 0.3) is 0 Å². The number of rotatable bonds is 5. The van der Waals surface area contributed by atoms with Crippen molar-refractivity contribution >= 4 is 22.9 Å². The molecular formula is C28H28N6O2. The molecule has 0 bridgehead atoms. The number of pyridine rings is 2. The van der Waals surface area contributed by atoms with Crippen molar-refractivity contribution in [2.24, 2.45) is 0 Å². The third kappa shape index (κ3) is 4.65. The number of carbonyl (C=O) groups is 1. The lowest BCUT2D eigenvalue weighted by Gasteiger charge is -2.22. The molecule has 0 spiro atoms. The molecule has 1 aliphatic carbocycles.